The van der Waals surface area contributed by atoms with E-state index in [1.165, 1.54) is 20.3 Å². The lowest BCUT2D eigenvalue weighted by atomic mass is 10.2. The van der Waals surface area contributed by atoms with Crippen molar-refractivity contribution in [3.63, 3.8) is 0 Å². The first-order chi connectivity index (χ1) is 11.1. The second-order valence-corrected chi connectivity index (χ2v) is 5.28. The SMILES string of the molecule is COC(=O)c1ccc(COC(=O)c2ccc(SC)cc2OC)o1. The molecule has 0 bridgehead atoms. The van der Waals surface area contributed by atoms with Gasteiger partial charge in [-0.25, -0.2) is 9.59 Å². The van der Waals surface area contributed by atoms with Gasteiger partial charge in [0.2, 0.25) is 5.76 Å². The zero-order valence-corrected chi connectivity index (χ0v) is 13.8. The maximum absolute atomic E-state index is 12.2. The Morgan fingerprint density at radius 2 is 1.91 bits per heavy atom. The van der Waals surface area contributed by atoms with Crippen LogP contribution in [0.4, 0.5) is 0 Å². The van der Waals surface area contributed by atoms with Crippen molar-refractivity contribution in [2.75, 3.05) is 20.5 Å². The molecule has 0 spiro atoms. The van der Waals surface area contributed by atoms with Crippen molar-refractivity contribution in [1.29, 1.82) is 0 Å². The Morgan fingerprint density at radius 1 is 1.13 bits per heavy atom. The average Bonchev–Trinajstić information content (AvgIpc) is 3.07. The van der Waals surface area contributed by atoms with E-state index in [9.17, 15) is 9.59 Å². The van der Waals surface area contributed by atoms with E-state index in [0.29, 0.717) is 17.1 Å². The molecule has 7 heteroatoms. The molecule has 0 amide bonds. The van der Waals surface area contributed by atoms with E-state index in [4.69, 9.17) is 13.9 Å². The zero-order chi connectivity index (χ0) is 16.8. The number of hydrogen-bond acceptors (Lipinski definition) is 7. The van der Waals surface area contributed by atoms with Crippen LogP contribution in [0.15, 0.2) is 39.6 Å². The molecule has 0 aliphatic heterocycles. The van der Waals surface area contributed by atoms with Gasteiger partial charge in [-0.05, 0) is 36.6 Å². The van der Waals surface area contributed by atoms with Crippen molar-refractivity contribution in [3.8, 4) is 5.75 Å². The Kier molecular flexibility index (Phi) is 5.70. The van der Waals surface area contributed by atoms with E-state index in [1.807, 2.05) is 12.3 Å². The van der Waals surface area contributed by atoms with Gasteiger partial charge in [-0.15, -0.1) is 11.8 Å². The maximum Gasteiger partial charge on any atom is 0.373 e. The fourth-order valence-electron chi connectivity index (χ4n) is 1.85. The third-order valence-electron chi connectivity index (χ3n) is 3.02. The van der Waals surface area contributed by atoms with Crippen LogP contribution >= 0.6 is 11.8 Å². The molecule has 0 saturated heterocycles. The number of esters is 2. The molecule has 0 N–H and O–H groups in total. The van der Waals surface area contributed by atoms with Gasteiger partial charge < -0.3 is 18.6 Å². The van der Waals surface area contributed by atoms with Gasteiger partial charge in [0.05, 0.1) is 14.2 Å². The van der Waals surface area contributed by atoms with Gasteiger partial charge in [0.25, 0.3) is 0 Å². The first-order valence-electron chi connectivity index (χ1n) is 6.65. The molecule has 0 unspecified atom stereocenters. The highest BCUT2D eigenvalue weighted by Gasteiger charge is 2.16. The third kappa shape index (κ3) is 4.07. The average molecular weight is 336 g/mol. The van der Waals surface area contributed by atoms with Gasteiger partial charge in [0.1, 0.15) is 23.7 Å². The Bertz CT molecular complexity index is 706. The fraction of sp³-hybridized carbons (Fsp3) is 0.250. The van der Waals surface area contributed by atoms with E-state index < -0.39 is 11.9 Å². The van der Waals surface area contributed by atoms with Crippen LogP contribution in [0.3, 0.4) is 0 Å². The van der Waals surface area contributed by atoms with Gasteiger partial charge >= 0.3 is 11.9 Å². The summed E-state index contributed by atoms with van der Waals surface area (Å²) in [5, 5.41) is 0. The van der Waals surface area contributed by atoms with Gasteiger partial charge in [-0.1, -0.05) is 0 Å². The van der Waals surface area contributed by atoms with Gasteiger partial charge in [0, 0.05) is 4.90 Å². The molecule has 23 heavy (non-hydrogen) atoms. The first-order valence-corrected chi connectivity index (χ1v) is 7.87. The van der Waals surface area contributed by atoms with E-state index in [2.05, 4.69) is 4.74 Å². The van der Waals surface area contributed by atoms with Crippen molar-refractivity contribution in [1.82, 2.24) is 0 Å². The Balaban J connectivity index is 2.05. The smallest absolute Gasteiger partial charge is 0.373 e. The fourth-order valence-corrected chi connectivity index (χ4v) is 2.28. The van der Waals surface area contributed by atoms with Crippen molar-refractivity contribution < 1.29 is 28.2 Å². The molecule has 2 rings (SSSR count). The summed E-state index contributed by atoms with van der Waals surface area (Å²) in [5.74, 6) is -0.280. The van der Waals surface area contributed by atoms with Crippen LogP contribution in [-0.4, -0.2) is 32.4 Å². The van der Waals surface area contributed by atoms with Crippen LogP contribution in [0.25, 0.3) is 0 Å². The van der Waals surface area contributed by atoms with Crippen LogP contribution in [-0.2, 0) is 16.1 Å². The number of hydrogen-bond donors (Lipinski definition) is 0. The number of methoxy groups -OCH3 is 2. The van der Waals surface area contributed by atoms with Crippen LogP contribution in [0.1, 0.15) is 26.7 Å². The number of benzene rings is 1. The number of carbonyl (C=O) groups is 2. The summed E-state index contributed by atoms with van der Waals surface area (Å²) in [7, 11) is 2.75. The number of carbonyl (C=O) groups excluding carboxylic acids is 2. The first kappa shape index (κ1) is 17.0. The van der Waals surface area contributed by atoms with Crippen LogP contribution in [0, 0.1) is 0 Å². The highest BCUT2D eigenvalue weighted by molar-refractivity contribution is 7.98. The predicted molar refractivity (Wildman–Crippen MR) is 83.9 cm³/mol. The topological polar surface area (TPSA) is 75.0 Å². The summed E-state index contributed by atoms with van der Waals surface area (Å²) in [6, 6.07) is 8.24. The minimum Gasteiger partial charge on any atom is -0.496 e. The summed E-state index contributed by atoms with van der Waals surface area (Å²) in [5.41, 5.74) is 0.324. The molecule has 0 radical (unpaired) electrons. The molecular weight excluding hydrogens is 320 g/mol. The lowest BCUT2D eigenvalue weighted by Crippen LogP contribution is -2.07. The summed E-state index contributed by atoms with van der Waals surface area (Å²) in [4.78, 5) is 24.4. The van der Waals surface area contributed by atoms with E-state index in [1.54, 1.807) is 30.0 Å². The molecule has 0 aliphatic carbocycles. The summed E-state index contributed by atoms with van der Waals surface area (Å²) in [6.07, 6.45) is 1.93. The van der Waals surface area contributed by atoms with Crippen molar-refractivity contribution in [3.05, 3.63) is 47.4 Å². The molecule has 1 aromatic heterocycles. The summed E-state index contributed by atoms with van der Waals surface area (Å²) < 4.78 is 20.2. The lowest BCUT2D eigenvalue weighted by molar-refractivity contribution is 0.0435. The van der Waals surface area contributed by atoms with Crippen molar-refractivity contribution in [2.24, 2.45) is 0 Å². The monoisotopic (exact) mass is 336 g/mol. The molecule has 2 aromatic rings. The van der Waals surface area contributed by atoms with Gasteiger partial charge in [-0.2, -0.15) is 0 Å². The van der Waals surface area contributed by atoms with Gasteiger partial charge in [-0.3, -0.25) is 0 Å². The van der Waals surface area contributed by atoms with Crippen LogP contribution in [0.2, 0.25) is 0 Å². The van der Waals surface area contributed by atoms with Crippen molar-refractivity contribution in [2.45, 2.75) is 11.5 Å². The summed E-state index contributed by atoms with van der Waals surface area (Å²) >= 11 is 1.55. The van der Waals surface area contributed by atoms with Crippen LogP contribution in [0.5, 0.6) is 5.75 Å². The normalized spacial score (nSPS) is 10.2. The molecule has 1 aromatic carbocycles. The van der Waals surface area contributed by atoms with E-state index in [0.717, 1.165) is 4.90 Å². The maximum atomic E-state index is 12.2. The number of furan rings is 1. The Hall–Kier alpha value is -2.41. The Labute approximate surface area is 137 Å². The summed E-state index contributed by atoms with van der Waals surface area (Å²) in [6.45, 7) is -0.0940. The third-order valence-corrected chi connectivity index (χ3v) is 3.75. The molecule has 1 heterocycles. The van der Waals surface area contributed by atoms with E-state index in [-0.39, 0.29) is 12.4 Å². The van der Waals surface area contributed by atoms with Crippen LogP contribution < -0.4 is 4.74 Å². The highest BCUT2D eigenvalue weighted by Crippen LogP contribution is 2.26. The van der Waals surface area contributed by atoms with E-state index >= 15 is 0 Å². The molecule has 0 aliphatic rings. The van der Waals surface area contributed by atoms with Crippen molar-refractivity contribution >= 4 is 23.7 Å². The number of ether oxygens (including phenoxy) is 3. The largest absolute Gasteiger partial charge is 0.496 e. The molecular formula is C16H16O6S. The molecule has 0 saturated carbocycles. The molecule has 122 valence electrons. The molecule has 6 nitrogen and oxygen atoms in total. The zero-order valence-electron chi connectivity index (χ0n) is 13.0. The second-order valence-electron chi connectivity index (χ2n) is 4.40. The molecule has 0 fully saturated rings. The number of thioether (sulfide) groups is 1. The quantitative estimate of drug-likeness (QED) is 0.592. The minimum absolute atomic E-state index is 0.0560. The highest BCUT2D eigenvalue weighted by atomic mass is 32.2. The number of rotatable bonds is 6. The molecule has 0 atom stereocenters. The minimum atomic E-state index is -0.586. The lowest BCUT2D eigenvalue weighted by Gasteiger charge is -2.09. The predicted octanol–water partition coefficient (Wildman–Crippen LogP) is 3.15. The standard InChI is InChI=1S/C16H16O6S/c1-19-14-8-11(23-3)5-6-12(14)15(17)21-9-10-4-7-13(22-10)16(18)20-2/h4-8H,9H2,1-3H3. The van der Waals surface area contributed by atoms with Gasteiger partial charge in [0.15, 0.2) is 0 Å². The Morgan fingerprint density at radius 3 is 2.57 bits per heavy atom. The second kappa shape index (κ2) is 7.73.